The first-order valence-electron chi connectivity index (χ1n) is 8.00. The van der Waals surface area contributed by atoms with Gasteiger partial charge in [0.25, 0.3) is 0 Å². The van der Waals surface area contributed by atoms with E-state index >= 15 is 0 Å². The van der Waals surface area contributed by atoms with Gasteiger partial charge >= 0.3 is 0 Å². The summed E-state index contributed by atoms with van der Waals surface area (Å²) in [6.45, 7) is 11.3. The highest BCUT2D eigenvalue weighted by atomic mass is 16.5. The molecule has 0 amide bonds. The Hall–Kier alpha value is -1.55. The van der Waals surface area contributed by atoms with E-state index in [-0.39, 0.29) is 22.9 Å². The molecule has 0 aliphatic carbocycles. The first kappa shape index (κ1) is 16.8. The third kappa shape index (κ3) is 4.23. The SMILES string of the molecule is CCOc1cccc(C=NC2CC(C)(C)NC(C)(C)C2)c1O. The van der Waals surface area contributed by atoms with Crippen molar-refractivity contribution in [3.63, 3.8) is 0 Å². The highest BCUT2D eigenvalue weighted by Gasteiger charge is 2.37. The Bertz CT molecular complexity index is 534. The molecular weight excluding hydrogens is 276 g/mol. The first-order chi connectivity index (χ1) is 10.2. The summed E-state index contributed by atoms with van der Waals surface area (Å²) in [4.78, 5) is 4.73. The van der Waals surface area contributed by atoms with Gasteiger partial charge in [0, 0.05) is 22.9 Å². The maximum Gasteiger partial charge on any atom is 0.166 e. The quantitative estimate of drug-likeness (QED) is 0.837. The third-order valence-electron chi connectivity index (χ3n) is 3.92. The molecule has 0 bridgehead atoms. The van der Waals surface area contributed by atoms with Crippen LogP contribution in [-0.4, -0.2) is 35.0 Å². The molecule has 1 saturated heterocycles. The number of para-hydroxylation sites is 1. The molecule has 1 fully saturated rings. The average molecular weight is 304 g/mol. The maximum atomic E-state index is 10.2. The average Bonchev–Trinajstić information content (AvgIpc) is 2.36. The van der Waals surface area contributed by atoms with Gasteiger partial charge < -0.3 is 15.2 Å². The van der Waals surface area contributed by atoms with Crippen molar-refractivity contribution in [2.75, 3.05) is 6.61 Å². The maximum absolute atomic E-state index is 10.2. The van der Waals surface area contributed by atoms with E-state index in [9.17, 15) is 5.11 Å². The lowest BCUT2D eigenvalue weighted by Gasteiger charge is -2.45. The normalized spacial score (nSPS) is 21.1. The van der Waals surface area contributed by atoms with Crippen molar-refractivity contribution in [2.45, 2.75) is 64.6 Å². The van der Waals surface area contributed by atoms with E-state index in [0.717, 1.165) is 12.8 Å². The van der Waals surface area contributed by atoms with E-state index < -0.39 is 0 Å². The van der Waals surface area contributed by atoms with Gasteiger partial charge in [0.2, 0.25) is 0 Å². The fraction of sp³-hybridized carbons (Fsp3) is 0.611. The summed E-state index contributed by atoms with van der Waals surface area (Å²) in [7, 11) is 0. The van der Waals surface area contributed by atoms with Crippen LogP contribution in [-0.2, 0) is 0 Å². The fourth-order valence-electron chi connectivity index (χ4n) is 3.47. The number of hydrogen-bond acceptors (Lipinski definition) is 4. The van der Waals surface area contributed by atoms with Crippen molar-refractivity contribution in [2.24, 2.45) is 4.99 Å². The van der Waals surface area contributed by atoms with Gasteiger partial charge in [0.05, 0.1) is 12.6 Å². The third-order valence-corrected chi connectivity index (χ3v) is 3.92. The van der Waals surface area contributed by atoms with Gasteiger partial charge in [-0.25, -0.2) is 0 Å². The molecule has 4 heteroatoms. The summed E-state index contributed by atoms with van der Waals surface area (Å²) in [5, 5.41) is 13.9. The monoisotopic (exact) mass is 304 g/mol. The topological polar surface area (TPSA) is 53.8 Å². The second-order valence-corrected chi connectivity index (χ2v) is 7.36. The van der Waals surface area contributed by atoms with Crippen LogP contribution in [0.2, 0.25) is 0 Å². The van der Waals surface area contributed by atoms with Crippen molar-refractivity contribution >= 4 is 6.21 Å². The van der Waals surface area contributed by atoms with Crippen molar-refractivity contribution in [3.8, 4) is 11.5 Å². The molecule has 0 radical (unpaired) electrons. The van der Waals surface area contributed by atoms with Crippen molar-refractivity contribution in [3.05, 3.63) is 23.8 Å². The minimum Gasteiger partial charge on any atom is -0.504 e. The van der Waals surface area contributed by atoms with Gasteiger partial charge in [-0.05, 0) is 59.6 Å². The lowest BCUT2D eigenvalue weighted by Crippen LogP contribution is -2.58. The molecule has 0 spiro atoms. The van der Waals surface area contributed by atoms with Crippen LogP contribution in [0.25, 0.3) is 0 Å². The standard InChI is InChI=1S/C18H28N2O2/c1-6-22-15-9-7-8-13(16(15)21)12-19-14-10-17(2,3)20-18(4,5)11-14/h7-9,12,14,20-21H,6,10-11H2,1-5H3. The Morgan fingerprint density at radius 3 is 2.50 bits per heavy atom. The molecular formula is C18H28N2O2. The molecule has 1 aliphatic rings. The molecule has 0 atom stereocenters. The van der Waals surface area contributed by atoms with Gasteiger partial charge in [-0.15, -0.1) is 0 Å². The van der Waals surface area contributed by atoms with Gasteiger partial charge in [0.15, 0.2) is 11.5 Å². The second-order valence-electron chi connectivity index (χ2n) is 7.36. The number of nitrogens with one attached hydrogen (secondary N) is 1. The minimum atomic E-state index is 0.0684. The molecule has 2 rings (SSSR count). The minimum absolute atomic E-state index is 0.0684. The lowest BCUT2D eigenvalue weighted by molar-refractivity contribution is 0.164. The Kier molecular flexibility index (Phi) is 4.81. The van der Waals surface area contributed by atoms with Crippen molar-refractivity contribution in [1.82, 2.24) is 5.32 Å². The molecule has 1 aromatic rings. The zero-order chi connectivity index (χ0) is 16.4. The van der Waals surface area contributed by atoms with Gasteiger partial charge in [-0.1, -0.05) is 6.07 Å². The number of piperidine rings is 1. The van der Waals surface area contributed by atoms with Gasteiger partial charge in [0.1, 0.15) is 0 Å². The van der Waals surface area contributed by atoms with Crippen LogP contribution in [0.15, 0.2) is 23.2 Å². The van der Waals surface area contributed by atoms with Crippen molar-refractivity contribution < 1.29 is 9.84 Å². The fourth-order valence-corrected chi connectivity index (χ4v) is 3.47. The lowest BCUT2D eigenvalue weighted by atomic mass is 9.80. The summed E-state index contributed by atoms with van der Waals surface area (Å²) < 4.78 is 5.41. The number of nitrogens with zero attached hydrogens (tertiary/aromatic N) is 1. The van der Waals surface area contributed by atoms with Gasteiger partial charge in [-0.2, -0.15) is 0 Å². The van der Waals surface area contributed by atoms with E-state index in [1.54, 1.807) is 12.3 Å². The number of phenols is 1. The predicted octanol–water partition coefficient (Wildman–Crippen LogP) is 3.52. The molecule has 2 N–H and O–H groups in total. The smallest absolute Gasteiger partial charge is 0.166 e. The molecule has 0 saturated carbocycles. The first-order valence-corrected chi connectivity index (χ1v) is 8.00. The summed E-state index contributed by atoms with van der Waals surface area (Å²) in [5.74, 6) is 0.679. The number of aliphatic imine (C=N–C) groups is 1. The van der Waals surface area contributed by atoms with Crippen LogP contribution in [0.3, 0.4) is 0 Å². The molecule has 0 unspecified atom stereocenters. The van der Waals surface area contributed by atoms with E-state index in [1.807, 2.05) is 19.1 Å². The number of rotatable bonds is 4. The highest BCUT2D eigenvalue weighted by molar-refractivity contribution is 5.84. The number of aromatic hydroxyl groups is 1. The largest absolute Gasteiger partial charge is 0.504 e. The molecule has 1 aromatic carbocycles. The summed E-state index contributed by atoms with van der Waals surface area (Å²) >= 11 is 0. The van der Waals surface area contributed by atoms with E-state index in [0.29, 0.717) is 17.9 Å². The van der Waals surface area contributed by atoms with Crippen molar-refractivity contribution in [1.29, 1.82) is 0 Å². The zero-order valence-corrected chi connectivity index (χ0v) is 14.3. The number of ether oxygens (including phenoxy) is 1. The zero-order valence-electron chi connectivity index (χ0n) is 14.3. The summed E-state index contributed by atoms with van der Waals surface area (Å²) in [6, 6.07) is 5.76. The molecule has 1 heterocycles. The van der Waals surface area contributed by atoms with E-state index in [2.05, 4.69) is 33.0 Å². The number of phenolic OH excluding ortho intramolecular Hbond substituents is 1. The predicted molar refractivity (Wildman–Crippen MR) is 91.2 cm³/mol. The Labute approximate surface area is 133 Å². The van der Waals surface area contributed by atoms with Crippen LogP contribution in [0.1, 0.15) is 53.0 Å². The van der Waals surface area contributed by atoms with Crippen LogP contribution in [0, 0.1) is 0 Å². The molecule has 1 aliphatic heterocycles. The summed E-state index contributed by atoms with van der Waals surface area (Å²) in [6.07, 6.45) is 3.75. The molecule has 22 heavy (non-hydrogen) atoms. The number of benzene rings is 1. The second kappa shape index (κ2) is 6.29. The van der Waals surface area contributed by atoms with E-state index in [4.69, 9.17) is 9.73 Å². The molecule has 0 aromatic heterocycles. The van der Waals surface area contributed by atoms with Crippen LogP contribution >= 0.6 is 0 Å². The number of hydrogen-bond donors (Lipinski definition) is 2. The molecule has 122 valence electrons. The Balaban J connectivity index is 2.16. The van der Waals surface area contributed by atoms with Gasteiger partial charge in [-0.3, -0.25) is 4.99 Å². The molecule has 4 nitrogen and oxygen atoms in total. The van der Waals surface area contributed by atoms with Crippen LogP contribution in [0.5, 0.6) is 11.5 Å². The highest BCUT2D eigenvalue weighted by Crippen LogP contribution is 2.32. The van der Waals surface area contributed by atoms with Crippen LogP contribution in [0.4, 0.5) is 0 Å². The Morgan fingerprint density at radius 2 is 1.91 bits per heavy atom. The Morgan fingerprint density at radius 1 is 1.27 bits per heavy atom. The van der Waals surface area contributed by atoms with Crippen LogP contribution < -0.4 is 10.1 Å². The van der Waals surface area contributed by atoms with E-state index in [1.165, 1.54) is 0 Å². The summed E-state index contributed by atoms with van der Waals surface area (Å²) in [5.41, 5.74) is 0.845.